The van der Waals surface area contributed by atoms with Crippen LogP contribution < -0.4 is 15.4 Å². The molecule has 4 nitrogen and oxygen atoms in total. The summed E-state index contributed by atoms with van der Waals surface area (Å²) in [4.78, 5) is 11.3. The van der Waals surface area contributed by atoms with E-state index in [0.29, 0.717) is 0 Å². The topological polar surface area (TPSA) is 50.4 Å². The number of fused-ring (bicyclic) bond motifs is 1. The molecular weight excluding hydrogens is 180 g/mol. The standard InChI is InChI=1S/C10H12N2O2/c1-6-10(13)12-7-4-3-5-8(14-2)9(7)11-6/h3-6,11H,1-2H3,(H,12,13). The van der Waals surface area contributed by atoms with Crippen LogP contribution in [0.25, 0.3) is 0 Å². The maximum atomic E-state index is 11.3. The van der Waals surface area contributed by atoms with E-state index >= 15 is 0 Å². The van der Waals surface area contributed by atoms with E-state index in [4.69, 9.17) is 4.74 Å². The molecule has 0 bridgehead atoms. The number of methoxy groups -OCH3 is 1. The van der Waals surface area contributed by atoms with Crippen LogP contribution in [-0.2, 0) is 4.79 Å². The second kappa shape index (κ2) is 3.21. The van der Waals surface area contributed by atoms with Crippen LogP contribution in [0.15, 0.2) is 18.2 Å². The monoisotopic (exact) mass is 192 g/mol. The molecule has 1 aliphatic heterocycles. The maximum absolute atomic E-state index is 11.3. The number of nitrogens with one attached hydrogen (secondary N) is 2. The highest BCUT2D eigenvalue weighted by Gasteiger charge is 2.23. The lowest BCUT2D eigenvalue weighted by molar-refractivity contribution is -0.116. The van der Waals surface area contributed by atoms with Crippen molar-refractivity contribution in [2.24, 2.45) is 0 Å². The van der Waals surface area contributed by atoms with Gasteiger partial charge in [-0.05, 0) is 19.1 Å². The average Bonchev–Trinajstić information content (AvgIpc) is 2.19. The Morgan fingerprint density at radius 3 is 2.93 bits per heavy atom. The van der Waals surface area contributed by atoms with E-state index in [9.17, 15) is 4.79 Å². The molecule has 1 amide bonds. The van der Waals surface area contributed by atoms with Crippen LogP contribution in [0, 0.1) is 0 Å². The van der Waals surface area contributed by atoms with Gasteiger partial charge < -0.3 is 15.4 Å². The maximum Gasteiger partial charge on any atom is 0.246 e. The second-order valence-corrected chi connectivity index (χ2v) is 3.24. The van der Waals surface area contributed by atoms with E-state index in [1.165, 1.54) is 0 Å². The smallest absolute Gasteiger partial charge is 0.246 e. The van der Waals surface area contributed by atoms with Crippen LogP contribution in [0.3, 0.4) is 0 Å². The van der Waals surface area contributed by atoms with Crippen LogP contribution in [-0.4, -0.2) is 19.1 Å². The lowest BCUT2D eigenvalue weighted by Gasteiger charge is -2.25. The molecule has 0 saturated heterocycles. The van der Waals surface area contributed by atoms with Gasteiger partial charge in [-0.2, -0.15) is 0 Å². The Labute approximate surface area is 82.3 Å². The number of carbonyl (C=O) groups excluding carboxylic acids is 1. The van der Waals surface area contributed by atoms with E-state index < -0.39 is 0 Å². The van der Waals surface area contributed by atoms with Gasteiger partial charge in [0, 0.05) is 0 Å². The molecule has 0 saturated carbocycles. The molecule has 14 heavy (non-hydrogen) atoms. The zero-order chi connectivity index (χ0) is 10.1. The Balaban J connectivity index is 2.46. The van der Waals surface area contributed by atoms with Gasteiger partial charge in [0.15, 0.2) is 0 Å². The zero-order valence-electron chi connectivity index (χ0n) is 8.13. The quantitative estimate of drug-likeness (QED) is 0.708. The summed E-state index contributed by atoms with van der Waals surface area (Å²) in [5.41, 5.74) is 1.62. The lowest BCUT2D eigenvalue weighted by atomic mass is 10.1. The molecule has 0 aliphatic carbocycles. The molecule has 74 valence electrons. The highest BCUT2D eigenvalue weighted by atomic mass is 16.5. The molecule has 0 radical (unpaired) electrons. The lowest BCUT2D eigenvalue weighted by Crippen LogP contribution is -2.36. The SMILES string of the molecule is COc1cccc2c1NC(C)C(=O)N2. The third-order valence-corrected chi connectivity index (χ3v) is 2.26. The molecule has 1 atom stereocenters. The van der Waals surface area contributed by atoms with Crippen molar-refractivity contribution in [3.8, 4) is 5.75 Å². The van der Waals surface area contributed by atoms with E-state index in [1.54, 1.807) is 7.11 Å². The van der Waals surface area contributed by atoms with Gasteiger partial charge in [-0.3, -0.25) is 4.79 Å². The molecule has 2 rings (SSSR count). The fourth-order valence-corrected chi connectivity index (χ4v) is 1.48. The van der Waals surface area contributed by atoms with Gasteiger partial charge in [0.1, 0.15) is 17.5 Å². The number of benzene rings is 1. The number of amides is 1. The Kier molecular flexibility index (Phi) is 2.04. The molecule has 4 heteroatoms. The van der Waals surface area contributed by atoms with Gasteiger partial charge in [-0.15, -0.1) is 0 Å². The summed E-state index contributed by atoms with van der Waals surface area (Å²) in [5, 5.41) is 5.90. The molecular formula is C10H12N2O2. The van der Waals surface area contributed by atoms with Gasteiger partial charge >= 0.3 is 0 Å². The summed E-state index contributed by atoms with van der Waals surface area (Å²) in [6, 6.07) is 5.32. The number of ether oxygens (including phenoxy) is 1. The minimum Gasteiger partial charge on any atom is -0.495 e. The van der Waals surface area contributed by atoms with Crippen LogP contribution in [0.5, 0.6) is 5.75 Å². The average molecular weight is 192 g/mol. The van der Waals surface area contributed by atoms with Crippen LogP contribution in [0.2, 0.25) is 0 Å². The van der Waals surface area contributed by atoms with E-state index in [-0.39, 0.29) is 11.9 Å². The van der Waals surface area contributed by atoms with Crippen LogP contribution in [0.1, 0.15) is 6.92 Å². The van der Waals surface area contributed by atoms with Crippen LogP contribution in [0.4, 0.5) is 11.4 Å². The van der Waals surface area contributed by atoms with E-state index in [1.807, 2.05) is 25.1 Å². The molecule has 1 unspecified atom stereocenters. The minimum absolute atomic E-state index is 0.0225. The van der Waals surface area contributed by atoms with E-state index in [0.717, 1.165) is 17.1 Å². The zero-order valence-corrected chi connectivity index (χ0v) is 8.13. The van der Waals surface area contributed by atoms with Crippen molar-refractivity contribution in [2.75, 3.05) is 17.7 Å². The number of carbonyl (C=O) groups is 1. The van der Waals surface area contributed by atoms with Gasteiger partial charge in [0.05, 0.1) is 12.8 Å². The molecule has 0 spiro atoms. The van der Waals surface area contributed by atoms with Gasteiger partial charge in [0.2, 0.25) is 5.91 Å². The molecule has 0 fully saturated rings. The first-order chi connectivity index (χ1) is 6.72. The summed E-state index contributed by atoms with van der Waals surface area (Å²) < 4.78 is 5.18. The fourth-order valence-electron chi connectivity index (χ4n) is 1.48. The van der Waals surface area contributed by atoms with Gasteiger partial charge in [0.25, 0.3) is 0 Å². The first-order valence-electron chi connectivity index (χ1n) is 4.47. The summed E-state index contributed by atoms with van der Waals surface area (Å²) in [6.45, 7) is 1.81. The molecule has 0 aromatic heterocycles. The minimum atomic E-state index is -0.223. The number of anilines is 2. The Morgan fingerprint density at radius 2 is 2.21 bits per heavy atom. The van der Waals surface area contributed by atoms with Crippen molar-refractivity contribution in [2.45, 2.75) is 13.0 Å². The first kappa shape index (κ1) is 8.87. The largest absolute Gasteiger partial charge is 0.495 e. The van der Waals surface area contributed by atoms with Crippen molar-refractivity contribution >= 4 is 17.3 Å². The normalized spacial score (nSPS) is 19.3. The third kappa shape index (κ3) is 1.28. The molecule has 1 heterocycles. The summed E-state index contributed by atoms with van der Waals surface area (Å²) in [5.74, 6) is 0.722. The third-order valence-electron chi connectivity index (χ3n) is 2.26. The Bertz CT molecular complexity index is 376. The first-order valence-corrected chi connectivity index (χ1v) is 4.47. The molecule has 1 aromatic carbocycles. The highest BCUT2D eigenvalue weighted by Crippen LogP contribution is 2.35. The molecule has 2 N–H and O–H groups in total. The number of hydrogen-bond donors (Lipinski definition) is 2. The number of para-hydroxylation sites is 1. The predicted molar refractivity (Wildman–Crippen MR) is 54.7 cm³/mol. The van der Waals surface area contributed by atoms with Crippen molar-refractivity contribution in [1.82, 2.24) is 0 Å². The molecule has 1 aromatic rings. The highest BCUT2D eigenvalue weighted by molar-refractivity contribution is 6.03. The number of rotatable bonds is 1. The predicted octanol–water partition coefficient (Wildman–Crippen LogP) is 1.45. The van der Waals surface area contributed by atoms with Crippen molar-refractivity contribution in [3.05, 3.63) is 18.2 Å². The van der Waals surface area contributed by atoms with Gasteiger partial charge in [-0.1, -0.05) is 6.07 Å². The second-order valence-electron chi connectivity index (χ2n) is 3.24. The van der Waals surface area contributed by atoms with Crippen molar-refractivity contribution in [1.29, 1.82) is 0 Å². The van der Waals surface area contributed by atoms with Crippen LogP contribution >= 0.6 is 0 Å². The fraction of sp³-hybridized carbons (Fsp3) is 0.300. The number of hydrogen-bond acceptors (Lipinski definition) is 3. The van der Waals surface area contributed by atoms with E-state index in [2.05, 4.69) is 10.6 Å². The van der Waals surface area contributed by atoms with Gasteiger partial charge in [-0.25, -0.2) is 0 Å². The summed E-state index contributed by atoms with van der Waals surface area (Å²) in [7, 11) is 1.61. The molecule has 1 aliphatic rings. The Hall–Kier alpha value is -1.71. The van der Waals surface area contributed by atoms with Crippen molar-refractivity contribution in [3.63, 3.8) is 0 Å². The van der Waals surface area contributed by atoms with Crippen molar-refractivity contribution < 1.29 is 9.53 Å². The Morgan fingerprint density at radius 1 is 1.43 bits per heavy atom. The summed E-state index contributed by atoms with van der Waals surface area (Å²) in [6.07, 6.45) is 0. The summed E-state index contributed by atoms with van der Waals surface area (Å²) >= 11 is 0.